The Hall–Kier alpha value is -3.10. The number of hydrazine groups is 1. The summed E-state index contributed by atoms with van der Waals surface area (Å²) >= 11 is 0. The van der Waals surface area contributed by atoms with Crippen LogP contribution in [0.3, 0.4) is 0 Å². The van der Waals surface area contributed by atoms with Gasteiger partial charge in [-0.2, -0.15) is 5.01 Å². The molecular weight excluding hydrogens is 364 g/mol. The van der Waals surface area contributed by atoms with E-state index in [-0.39, 0.29) is 13.0 Å². The van der Waals surface area contributed by atoms with Crippen molar-refractivity contribution < 1.29 is 23.9 Å². The molecule has 9 heteroatoms. The number of imide groups is 1. The van der Waals surface area contributed by atoms with Crippen molar-refractivity contribution in [1.82, 2.24) is 21.1 Å². The number of rotatable bonds is 6. The minimum Gasteiger partial charge on any atom is -0.444 e. The van der Waals surface area contributed by atoms with Gasteiger partial charge in [-0.3, -0.25) is 15.0 Å². The van der Waals surface area contributed by atoms with E-state index in [9.17, 15) is 19.2 Å². The quantitative estimate of drug-likeness (QED) is 0.640. The molecule has 2 rings (SSSR count). The molecule has 0 aliphatic carbocycles. The van der Waals surface area contributed by atoms with E-state index in [1.165, 1.54) is 0 Å². The summed E-state index contributed by atoms with van der Waals surface area (Å²) in [6.07, 6.45) is -0.445. The first-order valence-corrected chi connectivity index (χ1v) is 9.07. The van der Waals surface area contributed by atoms with E-state index >= 15 is 0 Å². The molecule has 1 aromatic carbocycles. The zero-order valence-corrected chi connectivity index (χ0v) is 16.5. The molecule has 1 aromatic rings. The number of carbonyl (C=O) groups is 4. The molecule has 0 bridgehead atoms. The van der Waals surface area contributed by atoms with E-state index in [4.69, 9.17) is 4.74 Å². The molecule has 3 N–H and O–H groups in total. The van der Waals surface area contributed by atoms with Gasteiger partial charge in [-0.25, -0.2) is 9.59 Å². The largest absolute Gasteiger partial charge is 0.444 e. The molecule has 1 aliphatic rings. The molecular formula is C19H26N4O5. The minimum absolute atomic E-state index is 0.00199. The SMILES string of the molecule is CC[C@]1(c2ccccc2)NC(=O)N(NC(=O)CCNC(=O)OC(C)(C)C)C1=O. The van der Waals surface area contributed by atoms with Gasteiger partial charge in [0.25, 0.3) is 5.91 Å². The highest BCUT2D eigenvalue weighted by atomic mass is 16.6. The van der Waals surface area contributed by atoms with Crippen LogP contribution in [0.25, 0.3) is 0 Å². The number of nitrogens with zero attached hydrogens (tertiary/aromatic N) is 1. The minimum atomic E-state index is -1.22. The molecule has 0 spiro atoms. The van der Waals surface area contributed by atoms with Crippen LogP contribution < -0.4 is 16.1 Å². The monoisotopic (exact) mass is 390 g/mol. The Morgan fingerprint density at radius 1 is 1.18 bits per heavy atom. The predicted octanol–water partition coefficient (Wildman–Crippen LogP) is 1.79. The van der Waals surface area contributed by atoms with Crippen LogP contribution in [-0.4, -0.2) is 41.1 Å². The average Bonchev–Trinajstić information content (AvgIpc) is 2.86. The number of benzene rings is 1. The fourth-order valence-corrected chi connectivity index (χ4v) is 2.81. The smallest absolute Gasteiger partial charge is 0.407 e. The normalized spacial score (nSPS) is 19.2. The van der Waals surface area contributed by atoms with Crippen LogP contribution in [0.2, 0.25) is 0 Å². The molecule has 1 fully saturated rings. The van der Waals surface area contributed by atoms with Crippen molar-refractivity contribution in [3.8, 4) is 0 Å². The number of urea groups is 1. The molecule has 5 amide bonds. The lowest BCUT2D eigenvalue weighted by Gasteiger charge is -2.25. The number of hydrogen-bond donors (Lipinski definition) is 3. The highest BCUT2D eigenvalue weighted by Gasteiger charge is 2.52. The fourth-order valence-electron chi connectivity index (χ4n) is 2.81. The Morgan fingerprint density at radius 2 is 1.82 bits per heavy atom. The van der Waals surface area contributed by atoms with Gasteiger partial charge in [-0.1, -0.05) is 37.3 Å². The maximum atomic E-state index is 12.9. The number of nitrogens with one attached hydrogen (secondary N) is 3. The van der Waals surface area contributed by atoms with Crippen molar-refractivity contribution in [3.63, 3.8) is 0 Å². The van der Waals surface area contributed by atoms with Gasteiger partial charge < -0.3 is 15.4 Å². The highest BCUT2D eigenvalue weighted by Crippen LogP contribution is 2.31. The van der Waals surface area contributed by atoms with Crippen LogP contribution in [0.4, 0.5) is 9.59 Å². The van der Waals surface area contributed by atoms with E-state index in [0.29, 0.717) is 17.0 Å². The average molecular weight is 390 g/mol. The first-order valence-electron chi connectivity index (χ1n) is 9.07. The first kappa shape index (κ1) is 21.2. The third kappa shape index (κ3) is 4.79. The summed E-state index contributed by atoms with van der Waals surface area (Å²) in [6, 6.07) is 8.15. The fraction of sp³-hybridized carbons (Fsp3) is 0.474. The second kappa shape index (κ2) is 8.28. The summed E-state index contributed by atoms with van der Waals surface area (Å²) in [5, 5.41) is 5.80. The summed E-state index contributed by atoms with van der Waals surface area (Å²) in [6.45, 7) is 6.96. The molecule has 1 aliphatic heterocycles. The third-order valence-electron chi connectivity index (χ3n) is 4.15. The summed E-state index contributed by atoms with van der Waals surface area (Å²) in [7, 11) is 0. The van der Waals surface area contributed by atoms with E-state index in [2.05, 4.69) is 16.1 Å². The lowest BCUT2D eigenvalue weighted by Crippen LogP contribution is -2.49. The molecule has 9 nitrogen and oxygen atoms in total. The molecule has 0 saturated carbocycles. The summed E-state index contributed by atoms with van der Waals surface area (Å²) in [5.41, 5.74) is 1.07. The molecule has 1 saturated heterocycles. The van der Waals surface area contributed by atoms with E-state index in [1.54, 1.807) is 52.0 Å². The van der Waals surface area contributed by atoms with Gasteiger partial charge in [0, 0.05) is 13.0 Å². The van der Waals surface area contributed by atoms with Gasteiger partial charge in [0.05, 0.1) is 0 Å². The van der Waals surface area contributed by atoms with Crippen LogP contribution in [0.1, 0.15) is 46.1 Å². The maximum Gasteiger partial charge on any atom is 0.407 e. The Bertz CT molecular complexity index is 759. The van der Waals surface area contributed by atoms with Crippen molar-refractivity contribution in [2.45, 2.75) is 51.7 Å². The molecule has 1 heterocycles. The van der Waals surface area contributed by atoms with Crippen LogP contribution in [-0.2, 0) is 19.9 Å². The molecule has 0 aromatic heterocycles. The molecule has 152 valence electrons. The van der Waals surface area contributed by atoms with E-state index in [1.807, 2.05) is 6.07 Å². The van der Waals surface area contributed by atoms with Gasteiger partial charge in [-0.05, 0) is 32.8 Å². The van der Waals surface area contributed by atoms with Gasteiger partial charge in [0.1, 0.15) is 11.1 Å². The zero-order valence-electron chi connectivity index (χ0n) is 16.5. The molecule has 1 atom stereocenters. The molecule has 0 unspecified atom stereocenters. The van der Waals surface area contributed by atoms with Gasteiger partial charge in [0.2, 0.25) is 5.91 Å². The number of carbonyl (C=O) groups excluding carboxylic acids is 4. The van der Waals surface area contributed by atoms with Crippen LogP contribution in [0.5, 0.6) is 0 Å². The Labute approximate surface area is 163 Å². The highest BCUT2D eigenvalue weighted by molar-refractivity contribution is 6.08. The predicted molar refractivity (Wildman–Crippen MR) is 101 cm³/mol. The Morgan fingerprint density at radius 3 is 2.39 bits per heavy atom. The van der Waals surface area contributed by atoms with Gasteiger partial charge in [-0.15, -0.1) is 0 Å². The number of ether oxygens (including phenoxy) is 1. The van der Waals surface area contributed by atoms with E-state index < -0.39 is 35.1 Å². The lowest BCUT2D eigenvalue weighted by molar-refractivity contribution is -0.139. The summed E-state index contributed by atoms with van der Waals surface area (Å²) < 4.78 is 5.07. The molecule has 28 heavy (non-hydrogen) atoms. The summed E-state index contributed by atoms with van der Waals surface area (Å²) in [4.78, 5) is 48.9. The maximum absolute atomic E-state index is 12.9. The number of alkyl carbamates (subject to hydrolysis) is 1. The van der Waals surface area contributed by atoms with Gasteiger partial charge in [0.15, 0.2) is 0 Å². The Kier molecular flexibility index (Phi) is 6.27. The number of hydrogen-bond acceptors (Lipinski definition) is 5. The van der Waals surface area contributed by atoms with Crippen molar-refractivity contribution in [3.05, 3.63) is 35.9 Å². The lowest BCUT2D eigenvalue weighted by atomic mass is 9.87. The standard InChI is InChI=1S/C19H26N4O5/c1-5-19(13-9-7-6-8-10-13)15(25)23(16(26)21-19)22-14(24)11-12-20-17(27)28-18(2,3)4/h6-10H,5,11-12H2,1-4H3,(H,20,27)(H,21,26)(H,22,24)/t19-/m1/s1. The van der Waals surface area contributed by atoms with Crippen LogP contribution in [0.15, 0.2) is 30.3 Å². The topological polar surface area (TPSA) is 117 Å². The second-order valence-electron chi connectivity index (χ2n) is 7.41. The number of amides is 5. The molecule has 0 radical (unpaired) electrons. The second-order valence-corrected chi connectivity index (χ2v) is 7.41. The van der Waals surface area contributed by atoms with Crippen molar-refractivity contribution in [2.24, 2.45) is 0 Å². The van der Waals surface area contributed by atoms with Crippen molar-refractivity contribution in [2.75, 3.05) is 6.54 Å². The van der Waals surface area contributed by atoms with Crippen molar-refractivity contribution >= 4 is 23.9 Å². The van der Waals surface area contributed by atoms with E-state index in [0.717, 1.165) is 0 Å². The zero-order chi connectivity index (χ0) is 20.9. The summed E-state index contributed by atoms with van der Waals surface area (Å²) in [5.74, 6) is -1.14. The van der Waals surface area contributed by atoms with Crippen LogP contribution >= 0.6 is 0 Å². The van der Waals surface area contributed by atoms with Crippen molar-refractivity contribution in [1.29, 1.82) is 0 Å². The van der Waals surface area contributed by atoms with Crippen LogP contribution in [0, 0.1) is 0 Å². The van der Waals surface area contributed by atoms with Gasteiger partial charge >= 0.3 is 12.1 Å². The third-order valence-corrected chi connectivity index (χ3v) is 4.15. The Balaban J connectivity index is 1.95. The first-order chi connectivity index (χ1) is 13.1.